The number of rotatable bonds is 8. The number of ether oxygens (including phenoxy) is 2. The van der Waals surface area contributed by atoms with Crippen LogP contribution < -0.4 is 20.1 Å². The van der Waals surface area contributed by atoms with Crippen LogP contribution in [0.4, 0.5) is 11.5 Å². The highest BCUT2D eigenvalue weighted by molar-refractivity contribution is 5.92. The van der Waals surface area contributed by atoms with Crippen molar-refractivity contribution < 1.29 is 14.3 Å². The van der Waals surface area contributed by atoms with E-state index in [4.69, 9.17) is 9.47 Å². The fraction of sp³-hybridized carbons (Fsp3) is 0.190. The van der Waals surface area contributed by atoms with Crippen molar-refractivity contribution >= 4 is 17.4 Å². The molecule has 1 amide bonds. The molecule has 1 heterocycles. The number of hydrogen-bond acceptors (Lipinski definition) is 6. The smallest absolute Gasteiger partial charge is 0.271 e. The molecule has 28 heavy (non-hydrogen) atoms. The van der Waals surface area contributed by atoms with Gasteiger partial charge in [0.15, 0.2) is 0 Å². The number of benzene rings is 2. The largest absolute Gasteiger partial charge is 0.496 e. The van der Waals surface area contributed by atoms with Crippen LogP contribution in [0.1, 0.15) is 23.0 Å². The van der Waals surface area contributed by atoms with E-state index >= 15 is 0 Å². The zero-order valence-electron chi connectivity index (χ0n) is 15.8. The summed E-state index contributed by atoms with van der Waals surface area (Å²) in [5, 5.41) is 5.96. The van der Waals surface area contributed by atoms with Crippen LogP contribution in [0.5, 0.6) is 11.5 Å². The summed E-state index contributed by atoms with van der Waals surface area (Å²) >= 11 is 0. The van der Waals surface area contributed by atoms with Gasteiger partial charge in [0.2, 0.25) is 0 Å². The van der Waals surface area contributed by atoms with Gasteiger partial charge in [0.05, 0.1) is 26.1 Å². The van der Waals surface area contributed by atoms with Crippen molar-refractivity contribution in [2.75, 3.05) is 19.0 Å². The Kier molecular flexibility index (Phi) is 6.41. The van der Waals surface area contributed by atoms with Gasteiger partial charge in [-0.1, -0.05) is 18.2 Å². The number of methoxy groups -OCH3 is 1. The summed E-state index contributed by atoms with van der Waals surface area (Å²) < 4.78 is 10.7. The maximum Gasteiger partial charge on any atom is 0.271 e. The van der Waals surface area contributed by atoms with E-state index in [0.29, 0.717) is 19.0 Å². The average molecular weight is 378 g/mol. The summed E-state index contributed by atoms with van der Waals surface area (Å²) in [7, 11) is 1.60. The summed E-state index contributed by atoms with van der Waals surface area (Å²) in [6.45, 7) is 2.91. The van der Waals surface area contributed by atoms with Crippen molar-refractivity contribution in [3.05, 3.63) is 72.2 Å². The fourth-order valence-electron chi connectivity index (χ4n) is 2.57. The van der Waals surface area contributed by atoms with E-state index in [1.807, 2.05) is 55.5 Å². The molecule has 2 aromatic carbocycles. The van der Waals surface area contributed by atoms with Crippen molar-refractivity contribution in [3.63, 3.8) is 0 Å². The summed E-state index contributed by atoms with van der Waals surface area (Å²) in [5.41, 5.74) is 1.98. The Labute approximate surface area is 163 Å². The van der Waals surface area contributed by atoms with Crippen LogP contribution in [0.3, 0.4) is 0 Å². The van der Waals surface area contributed by atoms with Gasteiger partial charge in [0, 0.05) is 17.8 Å². The van der Waals surface area contributed by atoms with E-state index in [-0.39, 0.29) is 11.6 Å². The van der Waals surface area contributed by atoms with Crippen molar-refractivity contribution in [3.8, 4) is 11.5 Å². The van der Waals surface area contributed by atoms with E-state index in [9.17, 15) is 4.79 Å². The van der Waals surface area contributed by atoms with Gasteiger partial charge in [0.1, 0.15) is 23.0 Å². The molecule has 7 nitrogen and oxygen atoms in total. The molecule has 0 bridgehead atoms. The van der Waals surface area contributed by atoms with Crippen LogP contribution in [0, 0.1) is 0 Å². The molecule has 1 aromatic heterocycles. The second kappa shape index (κ2) is 9.36. The van der Waals surface area contributed by atoms with Gasteiger partial charge in [0.25, 0.3) is 5.91 Å². The van der Waals surface area contributed by atoms with Gasteiger partial charge >= 0.3 is 0 Å². The van der Waals surface area contributed by atoms with E-state index in [1.165, 1.54) is 12.4 Å². The van der Waals surface area contributed by atoms with Gasteiger partial charge in [-0.3, -0.25) is 4.79 Å². The summed E-state index contributed by atoms with van der Waals surface area (Å²) in [6, 6.07) is 15.0. The van der Waals surface area contributed by atoms with Crippen LogP contribution in [0.15, 0.2) is 60.9 Å². The topological polar surface area (TPSA) is 85.4 Å². The Bertz CT molecular complexity index is 912. The van der Waals surface area contributed by atoms with Gasteiger partial charge in [-0.2, -0.15) is 0 Å². The van der Waals surface area contributed by atoms with Crippen LogP contribution in [0.2, 0.25) is 0 Å². The lowest BCUT2D eigenvalue weighted by Crippen LogP contribution is -2.24. The van der Waals surface area contributed by atoms with Crippen LogP contribution >= 0.6 is 0 Å². The molecule has 0 saturated carbocycles. The molecule has 3 aromatic rings. The number of para-hydroxylation sites is 1. The number of aromatic nitrogens is 2. The second-order valence-electron chi connectivity index (χ2n) is 5.86. The maximum atomic E-state index is 12.3. The molecule has 0 aliphatic carbocycles. The number of amides is 1. The van der Waals surface area contributed by atoms with E-state index in [0.717, 1.165) is 22.7 Å². The first-order valence-corrected chi connectivity index (χ1v) is 8.91. The van der Waals surface area contributed by atoms with Crippen molar-refractivity contribution in [2.45, 2.75) is 13.5 Å². The first-order valence-electron chi connectivity index (χ1n) is 8.91. The lowest BCUT2D eigenvalue weighted by molar-refractivity contribution is 0.0945. The highest BCUT2D eigenvalue weighted by atomic mass is 16.5. The fourth-order valence-corrected chi connectivity index (χ4v) is 2.57. The molecule has 0 unspecified atom stereocenters. The third-order valence-electron chi connectivity index (χ3n) is 3.95. The van der Waals surface area contributed by atoms with Crippen molar-refractivity contribution in [1.29, 1.82) is 0 Å². The standard InChI is InChI=1S/C21H22N4O3/c1-3-28-17-10-8-16(9-11-17)25-20-14-22-18(13-23-20)21(26)24-12-15-6-4-5-7-19(15)27-2/h4-11,13-14H,3,12H2,1-2H3,(H,23,25)(H,24,26). The first-order chi connectivity index (χ1) is 13.7. The summed E-state index contributed by atoms with van der Waals surface area (Å²) in [5.74, 6) is 1.78. The third-order valence-corrected chi connectivity index (χ3v) is 3.95. The highest BCUT2D eigenvalue weighted by Crippen LogP contribution is 2.19. The van der Waals surface area contributed by atoms with Gasteiger partial charge in [-0.05, 0) is 37.3 Å². The van der Waals surface area contributed by atoms with Crippen molar-refractivity contribution in [1.82, 2.24) is 15.3 Å². The first kappa shape index (κ1) is 19.2. The van der Waals surface area contributed by atoms with E-state index in [2.05, 4.69) is 20.6 Å². The molecule has 0 aliphatic rings. The quantitative estimate of drug-likeness (QED) is 0.623. The molecule has 0 aliphatic heterocycles. The molecule has 0 saturated heterocycles. The monoisotopic (exact) mass is 378 g/mol. The van der Waals surface area contributed by atoms with Crippen LogP contribution in [-0.4, -0.2) is 29.6 Å². The molecular formula is C21H22N4O3. The van der Waals surface area contributed by atoms with E-state index in [1.54, 1.807) is 7.11 Å². The second-order valence-corrected chi connectivity index (χ2v) is 5.86. The molecule has 2 N–H and O–H groups in total. The molecule has 144 valence electrons. The highest BCUT2D eigenvalue weighted by Gasteiger charge is 2.09. The molecule has 3 rings (SSSR count). The minimum absolute atomic E-state index is 0.243. The predicted molar refractivity (Wildman–Crippen MR) is 107 cm³/mol. The summed E-state index contributed by atoms with van der Waals surface area (Å²) in [6.07, 6.45) is 2.96. The molecular weight excluding hydrogens is 356 g/mol. The number of nitrogens with zero attached hydrogens (tertiary/aromatic N) is 2. The van der Waals surface area contributed by atoms with Gasteiger partial charge in [-0.15, -0.1) is 0 Å². The molecule has 0 atom stereocenters. The minimum atomic E-state index is -0.300. The summed E-state index contributed by atoms with van der Waals surface area (Å²) in [4.78, 5) is 20.7. The number of hydrogen-bond donors (Lipinski definition) is 2. The Morgan fingerprint density at radius 3 is 2.50 bits per heavy atom. The number of carbonyl (C=O) groups is 1. The molecule has 0 radical (unpaired) electrons. The lowest BCUT2D eigenvalue weighted by atomic mass is 10.2. The maximum absolute atomic E-state index is 12.3. The Morgan fingerprint density at radius 1 is 1.04 bits per heavy atom. The lowest BCUT2D eigenvalue weighted by Gasteiger charge is -2.10. The molecule has 0 fully saturated rings. The van der Waals surface area contributed by atoms with Crippen LogP contribution in [0.25, 0.3) is 0 Å². The SMILES string of the molecule is CCOc1ccc(Nc2cnc(C(=O)NCc3ccccc3OC)cn2)cc1. The van der Waals surface area contributed by atoms with Crippen molar-refractivity contribution in [2.24, 2.45) is 0 Å². The number of anilines is 2. The van der Waals surface area contributed by atoms with Crippen LogP contribution in [-0.2, 0) is 6.54 Å². The predicted octanol–water partition coefficient (Wildman–Crippen LogP) is 3.56. The Morgan fingerprint density at radius 2 is 1.82 bits per heavy atom. The number of nitrogens with one attached hydrogen (secondary N) is 2. The molecule has 0 spiro atoms. The zero-order valence-corrected chi connectivity index (χ0v) is 15.8. The van der Waals surface area contributed by atoms with Gasteiger partial charge < -0.3 is 20.1 Å². The third kappa shape index (κ3) is 4.97. The minimum Gasteiger partial charge on any atom is -0.496 e. The normalized spacial score (nSPS) is 10.2. The Hall–Kier alpha value is -3.61. The van der Waals surface area contributed by atoms with Gasteiger partial charge in [-0.25, -0.2) is 9.97 Å². The van der Waals surface area contributed by atoms with E-state index < -0.39 is 0 Å². The molecule has 7 heteroatoms. The number of carbonyl (C=O) groups excluding carboxylic acids is 1. The zero-order chi connectivity index (χ0) is 19.8. The Balaban J connectivity index is 1.58. The average Bonchev–Trinajstić information content (AvgIpc) is 2.74.